The van der Waals surface area contributed by atoms with Gasteiger partial charge in [-0.25, -0.2) is 8.42 Å². The molecular weight excluding hydrogens is 404 g/mol. The predicted molar refractivity (Wildman–Crippen MR) is 114 cm³/mol. The largest absolute Gasteiger partial charge is 0.496 e. The van der Waals surface area contributed by atoms with Gasteiger partial charge in [0.1, 0.15) is 5.75 Å². The van der Waals surface area contributed by atoms with Crippen molar-refractivity contribution in [1.82, 2.24) is 9.62 Å². The van der Waals surface area contributed by atoms with Gasteiger partial charge in [0.25, 0.3) is 5.91 Å². The normalized spacial score (nSPS) is 16.1. The predicted octanol–water partition coefficient (Wildman–Crippen LogP) is 2.64. The second-order valence-corrected chi connectivity index (χ2v) is 9.04. The Kier molecular flexibility index (Phi) is 7.47. The van der Waals surface area contributed by atoms with Crippen LogP contribution in [0.3, 0.4) is 0 Å². The van der Waals surface area contributed by atoms with Crippen LogP contribution in [0.15, 0.2) is 53.4 Å². The average molecular weight is 433 g/mol. The van der Waals surface area contributed by atoms with Crippen molar-refractivity contribution in [2.45, 2.75) is 24.2 Å². The summed E-state index contributed by atoms with van der Waals surface area (Å²) >= 11 is 0. The number of benzene rings is 2. The molecule has 1 fully saturated rings. The lowest BCUT2D eigenvalue weighted by Gasteiger charge is -2.26. The minimum Gasteiger partial charge on any atom is -0.496 e. The van der Waals surface area contributed by atoms with Gasteiger partial charge < -0.3 is 14.8 Å². The lowest BCUT2D eigenvalue weighted by Crippen LogP contribution is -2.40. The van der Waals surface area contributed by atoms with Crippen LogP contribution in [-0.4, -0.2) is 58.6 Å². The number of nitrogens with zero attached hydrogens (tertiary/aromatic N) is 1. The summed E-state index contributed by atoms with van der Waals surface area (Å²) in [5, 5.41) is 2.93. The van der Waals surface area contributed by atoms with Crippen LogP contribution >= 0.6 is 0 Å². The SMILES string of the molecule is CC[C@H](CNC(=O)c1cc(S(=O)(=O)N2CCOCC2)ccc1OC)c1ccccc1. The van der Waals surface area contributed by atoms with Crippen molar-refractivity contribution in [3.8, 4) is 5.75 Å². The number of hydrogen-bond donors (Lipinski definition) is 1. The summed E-state index contributed by atoms with van der Waals surface area (Å²) in [6.45, 7) is 3.83. The van der Waals surface area contributed by atoms with Crippen molar-refractivity contribution in [3.05, 3.63) is 59.7 Å². The zero-order valence-corrected chi connectivity index (χ0v) is 18.2. The molecule has 162 valence electrons. The Balaban J connectivity index is 1.80. The highest BCUT2D eigenvalue weighted by atomic mass is 32.2. The molecule has 1 aliphatic heterocycles. The zero-order chi connectivity index (χ0) is 21.6. The summed E-state index contributed by atoms with van der Waals surface area (Å²) in [5.74, 6) is 0.142. The van der Waals surface area contributed by atoms with Crippen LogP contribution in [0, 0.1) is 0 Å². The molecule has 0 radical (unpaired) electrons. The second-order valence-electron chi connectivity index (χ2n) is 7.10. The van der Waals surface area contributed by atoms with E-state index in [4.69, 9.17) is 9.47 Å². The Morgan fingerprint density at radius 3 is 2.50 bits per heavy atom. The summed E-state index contributed by atoms with van der Waals surface area (Å²) in [6.07, 6.45) is 0.868. The molecule has 30 heavy (non-hydrogen) atoms. The van der Waals surface area contributed by atoms with Crippen LogP contribution in [-0.2, 0) is 14.8 Å². The standard InChI is InChI=1S/C22H28N2O5S/c1-3-17(18-7-5-4-6-8-18)16-23-22(25)20-15-19(9-10-21(20)28-2)30(26,27)24-11-13-29-14-12-24/h4-10,15,17H,3,11-14,16H2,1-2H3,(H,23,25)/t17-/m1/s1. The molecule has 1 N–H and O–H groups in total. The Morgan fingerprint density at radius 1 is 1.17 bits per heavy atom. The molecule has 8 heteroatoms. The molecule has 1 amide bonds. The van der Waals surface area contributed by atoms with Gasteiger partial charge in [-0.2, -0.15) is 4.31 Å². The van der Waals surface area contributed by atoms with Crippen LogP contribution in [0.5, 0.6) is 5.75 Å². The van der Waals surface area contributed by atoms with Gasteiger partial charge in [0, 0.05) is 25.6 Å². The molecule has 2 aromatic carbocycles. The molecule has 3 rings (SSSR count). The number of amides is 1. The smallest absolute Gasteiger partial charge is 0.255 e. The maximum Gasteiger partial charge on any atom is 0.255 e. The highest BCUT2D eigenvalue weighted by molar-refractivity contribution is 7.89. The van der Waals surface area contributed by atoms with E-state index in [1.165, 1.54) is 29.6 Å². The fourth-order valence-electron chi connectivity index (χ4n) is 3.50. The lowest BCUT2D eigenvalue weighted by molar-refractivity contribution is 0.0730. The molecule has 7 nitrogen and oxygen atoms in total. The number of sulfonamides is 1. The molecule has 0 bridgehead atoms. The highest BCUT2D eigenvalue weighted by Gasteiger charge is 2.28. The van der Waals surface area contributed by atoms with Gasteiger partial charge in [-0.3, -0.25) is 4.79 Å². The van der Waals surface area contributed by atoms with Gasteiger partial charge in [0.05, 0.1) is 30.8 Å². The molecule has 2 aromatic rings. The van der Waals surface area contributed by atoms with E-state index >= 15 is 0 Å². The Morgan fingerprint density at radius 2 is 1.87 bits per heavy atom. The number of carbonyl (C=O) groups is 1. The minimum absolute atomic E-state index is 0.0745. The highest BCUT2D eigenvalue weighted by Crippen LogP contribution is 2.26. The molecule has 0 unspecified atom stereocenters. The maximum atomic E-state index is 13.0. The molecule has 0 aliphatic carbocycles. The molecule has 1 atom stereocenters. The van der Waals surface area contributed by atoms with Gasteiger partial charge in [-0.15, -0.1) is 0 Å². The van der Waals surface area contributed by atoms with E-state index in [1.807, 2.05) is 30.3 Å². The van der Waals surface area contributed by atoms with Crippen molar-refractivity contribution in [1.29, 1.82) is 0 Å². The summed E-state index contributed by atoms with van der Waals surface area (Å²) < 4.78 is 37.8. The fraction of sp³-hybridized carbons (Fsp3) is 0.409. The van der Waals surface area contributed by atoms with E-state index in [-0.39, 0.29) is 22.3 Å². The summed E-state index contributed by atoms with van der Waals surface area (Å²) in [7, 11) is -2.24. The fourth-order valence-corrected chi connectivity index (χ4v) is 4.93. The van der Waals surface area contributed by atoms with Crippen molar-refractivity contribution in [2.24, 2.45) is 0 Å². The van der Waals surface area contributed by atoms with Gasteiger partial charge in [0.15, 0.2) is 0 Å². The van der Waals surface area contributed by atoms with Gasteiger partial charge >= 0.3 is 0 Å². The molecule has 0 spiro atoms. The quantitative estimate of drug-likeness (QED) is 0.693. The number of morpholine rings is 1. The van der Waals surface area contributed by atoms with Crippen LogP contribution < -0.4 is 10.1 Å². The van der Waals surface area contributed by atoms with Crippen LogP contribution in [0.4, 0.5) is 0 Å². The van der Waals surface area contributed by atoms with Crippen LogP contribution in [0.2, 0.25) is 0 Å². The minimum atomic E-state index is -3.70. The first-order chi connectivity index (χ1) is 14.5. The van der Waals surface area contributed by atoms with E-state index < -0.39 is 10.0 Å². The molecule has 0 aromatic heterocycles. The van der Waals surface area contributed by atoms with Gasteiger partial charge in [0.2, 0.25) is 10.0 Å². The van der Waals surface area contributed by atoms with Crippen molar-refractivity contribution in [2.75, 3.05) is 40.0 Å². The Hall–Kier alpha value is -2.42. The Labute approximate surface area is 178 Å². The second kappa shape index (κ2) is 10.1. The third kappa shape index (κ3) is 5.00. The van der Waals surface area contributed by atoms with E-state index in [0.717, 1.165) is 12.0 Å². The number of methoxy groups -OCH3 is 1. The molecule has 1 saturated heterocycles. The maximum absolute atomic E-state index is 13.0. The van der Waals surface area contributed by atoms with E-state index in [2.05, 4.69) is 12.2 Å². The number of nitrogens with one attached hydrogen (secondary N) is 1. The number of rotatable bonds is 8. The third-order valence-corrected chi connectivity index (χ3v) is 7.19. The lowest BCUT2D eigenvalue weighted by atomic mass is 9.96. The molecular formula is C22H28N2O5S. The van der Waals surface area contributed by atoms with Gasteiger partial charge in [-0.1, -0.05) is 37.3 Å². The van der Waals surface area contributed by atoms with E-state index in [0.29, 0.717) is 38.6 Å². The first-order valence-corrected chi connectivity index (χ1v) is 11.5. The number of carbonyl (C=O) groups excluding carboxylic acids is 1. The van der Waals surface area contributed by atoms with E-state index in [1.54, 1.807) is 0 Å². The van der Waals surface area contributed by atoms with Gasteiger partial charge in [-0.05, 0) is 30.2 Å². The third-order valence-electron chi connectivity index (χ3n) is 5.30. The number of hydrogen-bond acceptors (Lipinski definition) is 5. The summed E-state index contributed by atoms with van der Waals surface area (Å²) in [6, 6.07) is 14.4. The average Bonchev–Trinajstić information content (AvgIpc) is 2.80. The first-order valence-electron chi connectivity index (χ1n) is 10.1. The van der Waals surface area contributed by atoms with Crippen molar-refractivity contribution < 1.29 is 22.7 Å². The van der Waals surface area contributed by atoms with E-state index in [9.17, 15) is 13.2 Å². The first kappa shape index (κ1) is 22.3. The number of ether oxygens (including phenoxy) is 2. The Bertz CT molecular complexity index is 957. The van der Waals surface area contributed by atoms with Crippen molar-refractivity contribution >= 4 is 15.9 Å². The summed E-state index contributed by atoms with van der Waals surface area (Å²) in [4.78, 5) is 13.0. The molecule has 1 heterocycles. The van der Waals surface area contributed by atoms with Crippen molar-refractivity contribution in [3.63, 3.8) is 0 Å². The molecule has 0 saturated carbocycles. The van der Waals surface area contributed by atoms with Crippen LogP contribution in [0.25, 0.3) is 0 Å². The summed E-state index contributed by atoms with van der Waals surface area (Å²) in [5.41, 5.74) is 1.35. The zero-order valence-electron chi connectivity index (χ0n) is 17.3. The molecule has 1 aliphatic rings. The van der Waals surface area contributed by atoms with Crippen LogP contribution in [0.1, 0.15) is 35.2 Å². The topological polar surface area (TPSA) is 84.9 Å². The monoisotopic (exact) mass is 432 g/mol.